The van der Waals surface area contributed by atoms with E-state index in [1.54, 1.807) is 17.7 Å². The molecule has 0 saturated carbocycles. The minimum Gasteiger partial charge on any atom is -0.351 e. The SMILES string of the molecule is CCC(=O)Nc1cc(C(=O)NCCCN(C)C)nn1-c1ccccc1. The number of nitrogens with zero attached hydrogens (tertiary/aromatic N) is 3. The molecule has 0 aliphatic carbocycles. The molecule has 1 heterocycles. The first-order valence-corrected chi connectivity index (χ1v) is 8.39. The second-order valence-electron chi connectivity index (χ2n) is 5.98. The standard InChI is InChI=1S/C18H25N5O2/c1-4-17(24)20-16-13-15(18(25)19-11-8-12-22(2)3)21-23(16)14-9-6-5-7-10-14/h5-7,9-10,13H,4,8,11-12H2,1-3H3,(H,19,25)(H,20,24). The van der Waals surface area contributed by atoms with Crippen LogP contribution in [-0.2, 0) is 4.79 Å². The number of para-hydroxylation sites is 1. The molecule has 0 spiro atoms. The molecule has 0 fully saturated rings. The average Bonchev–Trinajstić information content (AvgIpc) is 3.03. The fraction of sp³-hybridized carbons (Fsp3) is 0.389. The summed E-state index contributed by atoms with van der Waals surface area (Å²) in [6.45, 7) is 3.25. The van der Waals surface area contributed by atoms with Crippen LogP contribution in [0, 0.1) is 0 Å². The van der Waals surface area contributed by atoms with Gasteiger partial charge >= 0.3 is 0 Å². The number of anilines is 1. The van der Waals surface area contributed by atoms with Gasteiger partial charge in [-0.25, -0.2) is 4.68 Å². The van der Waals surface area contributed by atoms with Gasteiger partial charge in [0.2, 0.25) is 5.91 Å². The molecule has 0 bridgehead atoms. The summed E-state index contributed by atoms with van der Waals surface area (Å²) in [5, 5.41) is 10.0. The lowest BCUT2D eigenvalue weighted by atomic mass is 10.3. The van der Waals surface area contributed by atoms with Crippen LogP contribution in [0.3, 0.4) is 0 Å². The van der Waals surface area contributed by atoms with E-state index in [4.69, 9.17) is 0 Å². The number of rotatable bonds is 8. The van der Waals surface area contributed by atoms with Crippen LogP contribution in [0.2, 0.25) is 0 Å². The molecule has 2 amide bonds. The smallest absolute Gasteiger partial charge is 0.271 e. The average molecular weight is 343 g/mol. The van der Waals surface area contributed by atoms with Gasteiger partial charge in [0.25, 0.3) is 5.91 Å². The van der Waals surface area contributed by atoms with Crippen LogP contribution in [0.1, 0.15) is 30.3 Å². The number of carbonyl (C=O) groups excluding carboxylic acids is 2. The second-order valence-corrected chi connectivity index (χ2v) is 5.98. The van der Waals surface area contributed by atoms with E-state index < -0.39 is 0 Å². The molecule has 7 heteroatoms. The predicted octanol–water partition coefficient (Wildman–Crippen LogP) is 1.90. The van der Waals surface area contributed by atoms with E-state index in [-0.39, 0.29) is 17.5 Å². The predicted molar refractivity (Wildman–Crippen MR) is 98.0 cm³/mol. The number of benzene rings is 1. The molecule has 1 aromatic heterocycles. The zero-order valence-electron chi connectivity index (χ0n) is 15.0. The van der Waals surface area contributed by atoms with Gasteiger partial charge in [-0.15, -0.1) is 0 Å². The van der Waals surface area contributed by atoms with Gasteiger partial charge in [-0.1, -0.05) is 25.1 Å². The van der Waals surface area contributed by atoms with Crippen molar-refractivity contribution in [3.63, 3.8) is 0 Å². The van der Waals surface area contributed by atoms with Crippen molar-refractivity contribution in [1.29, 1.82) is 0 Å². The van der Waals surface area contributed by atoms with Crippen molar-refractivity contribution < 1.29 is 9.59 Å². The van der Waals surface area contributed by atoms with Crippen LogP contribution < -0.4 is 10.6 Å². The molecule has 0 unspecified atom stereocenters. The Morgan fingerprint density at radius 2 is 1.92 bits per heavy atom. The summed E-state index contributed by atoms with van der Waals surface area (Å²) < 4.78 is 1.57. The summed E-state index contributed by atoms with van der Waals surface area (Å²) >= 11 is 0. The zero-order valence-corrected chi connectivity index (χ0v) is 15.0. The lowest BCUT2D eigenvalue weighted by molar-refractivity contribution is -0.115. The van der Waals surface area contributed by atoms with Gasteiger partial charge in [0, 0.05) is 19.0 Å². The van der Waals surface area contributed by atoms with Crippen LogP contribution in [0.15, 0.2) is 36.4 Å². The van der Waals surface area contributed by atoms with Gasteiger partial charge in [-0.2, -0.15) is 5.10 Å². The minimum absolute atomic E-state index is 0.130. The molecule has 1 aromatic carbocycles. The Labute approximate surface area is 148 Å². The van der Waals surface area contributed by atoms with E-state index in [9.17, 15) is 9.59 Å². The molecule has 0 radical (unpaired) electrons. The molecule has 0 atom stereocenters. The van der Waals surface area contributed by atoms with Gasteiger partial charge in [0.1, 0.15) is 5.82 Å². The van der Waals surface area contributed by atoms with Gasteiger partial charge in [-0.3, -0.25) is 9.59 Å². The van der Waals surface area contributed by atoms with E-state index in [1.165, 1.54) is 0 Å². The first-order valence-electron chi connectivity index (χ1n) is 8.39. The summed E-state index contributed by atoms with van der Waals surface area (Å²) in [6, 6.07) is 11.0. The summed E-state index contributed by atoms with van der Waals surface area (Å²) in [5.41, 5.74) is 1.06. The van der Waals surface area contributed by atoms with Crippen molar-refractivity contribution >= 4 is 17.6 Å². The van der Waals surface area contributed by atoms with Crippen LogP contribution >= 0.6 is 0 Å². The highest BCUT2D eigenvalue weighted by atomic mass is 16.2. The lowest BCUT2D eigenvalue weighted by Crippen LogP contribution is -2.27. The fourth-order valence-corrected chi connectivity index (χ4v) is 2.27. The van der Waals surface area contributed by atoms with E-state index >= 15 is 0 Å². The van der Waals surface area contributed by atoms with Crippen molar-refractivity contribution in [3.05, 3.63) is 42.1 Å². The van der Waals surface area contributed by atoms with Crippen molar-refractivity contribution in [2.75, 3.05) is 32.5 Å². The molecule has 0 aliphatic rings. The van der Waals surface area contributed by atoms with E-state index in [0.29, 0.717) is 18.8 Å². The fourth-order valence-electron chi connectivity index (χ4n) is 2.27. The van der Waals surface area contributed by atoms with Gasteiger partial charge in [-0.05, 0) is 39.2 Å². The summed E-state index contributed by atoms with van der Waals surface area (Å²) in [7, 11) is 3.98. The Morgan fingerprint density at radius 1 is 1.20 bits per heavy atom. The normalized spacial score (nSPS) is 10.7. The topological polar surface area (TPSA) is 79.3 Å². The van der Waals surface area contributed by atoms with E-state index in [1.807, 2.05) is 44.4 Å². The molecule has 134 valence electrons. The van der Waals surface area contributed by atoms with Crippen molar-refractivity contribution in [3.8, 4) is 5.69 Å². The molecule has 25 heavy (non-hydrogen) atoms. The maximum atomic E-state index is 12.3. The van der Waals surface area contributed by atoms with Crippen molar-refractivity contribution in [2.24, 2.45) is 0 Å². The zero-order chi connectivity index (χ0) is 18.2. The first kappa shape index (κ1) is 18.7. The molecule has 2 aromatic rings. The highest BCUT2D eigenvalue weighted by Crippen LogP contribution is 2.17. The Balaban J connectivity index is 2.16. The number of amides is 2. The minimum atomic E-state index is -0.250. The quantitative estimate of drug-likeness (QED) is 0.718. The molecular formula is C18H25N5O2. The van der Waals surface area contributed by atoms with Crippen molar-refractivity contribution in [1.82, 2.24) is 20.0 Å². The monoisotopic (exact) mass is 343 g/mol. The van der Waals surface area contributed by atoms with Crippen LogP contribution in [0.5, 0.6) is 0 Å². The van der Waals surface area contributed by atoms with Crippen LogP contribution in [0.4, 0.5) is 5.82 Å². The number of carbonyl (C=O) groups is 2. The van der Waals surface area contributed by atoms with Gasteiger partial charge in [0.15, 0.2) is 5.69 Å². The molecule has 7 nitrogen and oxygen atoms in total. The van der Waals surface area contributed by atoms with E-state index in [0.717, 1.165) is 18.7 Å². The third-order valence-electron chi connectivity index (χ3n) is 3.60. The highest BCUT2D eigenvalue weighted by Gasteiger charge is 2.16. The summed E-state index contributed by atoms with van der Waals surface area (Å²) in [6.07, 6.45) is 1.21. The molecule has 2 rings (SSSR count). The maximum absolute atomic E-state index is 12.3. The number of nitrogens with one attached hydrogen (secondary N) is 2. The van der Waals surface area contributed by atoms with Gasteiger partial charge < -0.3 is 15.5 Å². The third-order valence-corrected chi connectivity index (χ3v) is 3.60. The maximum Gasteiger partial charge on any atom is 0.271 e. The Morgan fingerprint density at radius 3 is 2.56 bits per heavy atom. The van der Waals surface area contributed by atoms with Gasteiger partial charge in [0.05, 0.1) is 5.69 Å². The number of hydrogen-bond donors (Lipinski definition) is 2. The molecule has 0 aliphatic heterocycles. The van der Waals surface area contributed by atoms with E-state index in [2.05, 4.69) is 20.6 Å². The third kappa shape index (κ3) is 5.42. The first-order chi connectivity index (χ1) is 12.0. The Kier molecular flexibility index (Phi) is 6.71. The number of hydrogen-bond acceptors (Lipinski definition) is 4. The second kappa shape index (κ2) is 8.98. The highest BCUT2D eigenvalue weighted by molar-refractivity contribution is 5.95. The Bertz CT molecular complexity index is 710. The molecular weight excluding hydrogens is 318 g/mol. The summed E-state index contributed by atoms with van der Waals surface area (Å²) in [4.78, 5) is 26.2. The molecule has 0 saturated heterocycles. The Hall–Kier alpha value is -2.67. The lowest BCUT2D eigenvalue weighted by Gasteiger charge is -2.09. The summed E-state index contributed by atoms with van der Waals surface area (Å²) in [5.74, 6) is 0.104. The molecule has 2 N–H and O–H groups in total. The number of aromatic nitrogens is 2. The van der Waals surface area contributed by atoms with Crippen LogP contribution in [0.25, 0.3) is 5.69 Å². The van der Waals surface area contributed by atoms with Crippen LogP contribution in [-0.4, -0.2) is 53.7 Å². The van der Waals surface area contributed by atoms with Crippen molar-refractivity contribution in [2.45, 2.75) is 19.8 Å². The largest absolute Gasteiger partial charge is 0.351 e.